The van der Waals surface area contributed by atoms with Gasteiger partial charge in [-0.3, -0.25) is 0 Å². The number of rotatable bonds is 9. The van der Waals surface area contributed by atoms with Crippen molar-refractivity contribution in [2.75, 3.05) is 0 Å². The maximum atomic E-state index is 4.93. The number of aryl methyl sites for hydroxylation is 2. The third-order valence-corrected chi connectivity index (χ3v) is 8.67. The normalized spacial score (nSPS) is 10.7. The van der Waals surface area contributed by atoms with Crippen LogP contribution in [0.5, 0.6) is 0 Å². The molecule has 6 aromatic carbocycles. The summed E-state index contributed by atoms with van der Waals surface area (Å²) in [5.74, 6) is 0. The molecule has 6 rings (SSSR count). The van der Waals surface area contributed by atoms with E-state index in [4.69, 9.17) is 17.0 Å². The van der Waals surface area contributed by atoms with E-state index in [1.807, 2.05) is 0 Å². The molecule has 0 nitrogen and oxygen atoms in total. The van der Waals surface area contributed by atoms with Crippen LogP contribution in [-0.2, 0) is 39.1 Å². The fraction of sp³-hybridized carbons (Fsp3) is 0.333. The van der Waals surface area contributed by atoms with E-state index in [-0.39, 0.29) is 5.41 Å². The van der Waals surface area contributed by atoms with Crippen molar-refractivity contribution in [2.45, 2.75) is 98.1 Å². The molecular formula is C45H54Cl2SiZr. The molecular weight excluding hydrogens is 731 g/mol. The van der Waals surface area contributed by atoms with Crippen molar-refractivity contribution in [3.8, 4) is 22.3 Å². The molecule has 0 aromatic heterocycles. The molecule has 256 valence electrons. The van der Waals surface area contributed by atoms with E-state index in [9.17, 15) is 0 Å². The molecule has 0 heterocycles. The zero-order valence-electron chi connectivity index (χ0n) is 30.7. The molecule has 0 bridgehead atoms. The summed E-state index contributed by atoms with van der Waals surface area (Å²) in [5, 5.41) is 5.45. The van der Waals surface area contributed by atoms with Gasteiger partial charge in [-0.25, -0.2) is 0 Å². The van der Waals surface area contributed by atoms with Gasteiger partial charge in [-0.15, -0.1) is 63.5 Å². The Morgan fingerprint density at radius 3 is 1.80 bits per heavy atom. The van der Waals surface area contributed by atoms with E-state index < -0.39 is 20.8 Å². The van der Waals surface area contributed by atoms with E-state index in [1.54, 1.807) is 0 Å². The van der Waals surface area contributed by atoms with Crippen molar-refractivity contribution >= 4 is 48.1 Å². The Balaban J connectivity index is 0.000000233. The third-order valence-electron chi connectivity index (χ3n) is 8.67. The van der Waals surface area contributed by atoms with Crippen LogP contribution in [0.25, 0.3) is 43.8 Å². The van der Waals surface area contributed by atoms with Crippen LogP contribution in [0, 0.1) is 0 Å². The van der Waals surface area contributed by atoms with Crippen molar-refractivity contribution in [1.29, 1.82) is 0 Å². The summed E-state index contributed by atoms with van der Waals surface area (Å²) in [6.45, 7) is 15.6. The molecule has 0 saturated carbocycles. The molecule has 0 saturated heterocycles. The first-order valence-electron chi connectivity index (χ1n) is 17.8. The van der Waals surface area contributed by atoms with Gasteiger partial charge in [0.1, 0.15) is 0 Å². The molecule has 4 heteroatoms. The fourth-order valence-electron chi connectivity index (χ4n) is 6.15. The Morgan fingerprint density at radius 1 is 0.653 bits per heavy atom. The van der Waals surface area contributed by atoms with E-state index >= 15 is 0 Å². The molecule has 0 amide bonds. The third kappa shape index (κ3) is 12.8. The topological polar surface area (TPSA) is 0 Å². The minimum absolute atomic E-state index is 0.213. The van der Waals surface area contributed by atoms with Crippen molar-refractivity contribution in [3.05, 3.63) is 132 Å². The summed E-state index contributed by atoms with van der Waals surface area (Å²) in [4.78, 5) is 0. The minimum atomic E-state index is -0.826. The average Bonchev–Trinajstić information content (AvgIpc) is 3.75. The number of unbranched alkanes of at least 4 members (excludes halogenated alkanes) is 3. The summed E-state index contributed by atoms with van der Waals surface area (Å²) in [6.07, 6.45) is 8.91. The van der Waals surface area contributed by atoms with E-state index in [1.165, 1.54) is 105 Å². The van der Waals surface area contributed by atoms with E-state index in [2.05, 4.69) is 163 Å². The molecule has 0 unspecified atom stereocenters. The molecule has 0 aliphatic heterocycles. The van der Waals surface area contributed by atoms with Crippen molar-refractivity contribution in [2.24, 2.45) is 0 Å². The first kappa shape index (κ1) is 41.2. The SMILES string of the molecule is CC(C)(C)c1ccc(-c2cccc3[cH-]ccc23)cc1.CCCCCCc1cc2c(-c3ccc(CCC)cc3)cccc2[cH-]1.C[Si]C.[Cl][Zr+2][Cl]. The average molecular weight is 785 g/mol. The molecule has 0 N–H and O–H groups in total. The standard InChI is InChI=1S/C24H29.C19H19.C2H6Si.2ClH.Zr/c1-3-5-6-7-10-20-17-22-11-8-12-23(24(22)18-20)21-15-13-19(9-4-2)14-16-21;1-19(2,3)16-12-10-15(11-13-16)18-9-5-7-14-6-4-8-17(14)18;1-3-2;;;/h8,11-18H,3-7,9-10H2,1-2H3;4-13H,1-3H3;1-2H3;2*1H;/q2*-1;;;;+4/p-2. The van der Waals surface area contributed by atoms with Crippen LogP contribution in [0.15, 0.2) is 115 Å². The zero-order valence-corrected chi connectivity index (χ0v) is 35.6. The fourth-order valence-corrected chi connectivity index (χ4v) is 6.15. The summed E-state index contributed by atoms with van der Waals surface area (Å²) >= 11 is -0.826. The van der Waals surface area contributed by atoms with E-state index in [0.29, 0.717) is 0 Å². The number of hydrogen-bond acceptors (Lipinski definition) is 0. The summed E-state index contributed by atoms with van der Waals surface area (Å²) in [7, 11) is 11.0. The summed E-state index contributed by atoms with van der Waals surface area (Å²) in [5.41, 5.74) is 9.85. The predicted octanol–water partition coefficient (Wildman–Crippen LogP) is 15.0. The molecule has 0 atom stereocenters. The maximum absolute atomic E-state index is 4.93. The molecule has 49 heavy (non-hydrogen) atoms. The molecule has 0 fully saturated rings. The van der Waals surface area contributed by atoms with Gasteiger partial charge in [-0.2, -0.15) is 18.2 Å². The van der Waals surface area contributed by atoms with Gasteiger partial charge in [0, 0.05) is 9.52 Å². The van der Waals surface area contributed by atoms with Gasteiger partial charge in [0.25, 0.3) is 0 Å². The Bertz CT molecular complexity index is 1770. The first-order valence-corrected chi connectivity index (χ1v) is 26.1. The van der Waals surface area contributed by atoms with Gasteiger partial charge in [0.05, 0.1) is 0 Å². The van der Waals surface area contributed by atoms with Gasteiger partial charge < -0.3 is 0 Å². The Kier molecular flexibility index (Phi) is 18.4. The number of benzene rings is 4. The number of hydrogen-bond donors (Lipinski definition) is 0. The monoisotopic (exact) mass is 782 g/mol. The summed E-state index contributed by atoms with van der Waals surface area (Å²) < 4.78 is 0. The van der Waals surface area contributed by atoms with Crippen LogP contribution in [0.2, 0.25) is 13.1 Å². The number of fused-ring (bicyclic) bond motifs is 2. The van der Waals surface area contributed by atoms with Gasteiger partial charge in [0.2, 0.25) is 0 Å². The van der Waals surface area contributed by atoms with Crippen LogP contribution in [-0.4, -0.2) is 9.52 Å². The van der Waals surface area contributed by atoms with Gasteiger partial charge in [-0.1, -0.05) is 152 Å². The molecule has 6 aromatic rings. The van der Waals surface area contributed by atoms with Crippen LogP contribution in [0.1, 0.15) is 83.4 Å². The van der Waals surface area contributed by atoms with Crippen LogP contribution in [0.3, 0.4) is 0 Å². The van der Waals surface area contributed by atoms with Gasteiger partial charge in [-0.05, 0) is 40.5 Å². The second kappa shape index (κ2) is 21.9. The Morgan fingerprint density at radius 2 is 1.22 bits per heavy atom. The van der Waals surface area contributed by atoms with Crippen molar-refractivity contribution < 1.29 is 20.8 Å². The van der Waals surface area contributed by atoms with Crippen LogP contribution >= 0.6 is 17.0 Å². The molecule has 0 aliphatic carbocycles. The van der Waals surface area contributed by atoms with Gasteiger partial charge in [0.15, 0.2) is 0 Å². The van der Waals surface area contributed by atoms with Crippen molar-refractivity contribution in [1.82, 2.24) is 0 Å². The molecule has 2 radical (unpaired) electrons. The Labute approximate surface area is 318 Å². The molecule has 0 spiro atoms. The van der Waals surface area contributed by atoms with E-state index in [0.717, 1.165) is 9.52 Å². The number of halogens is 2. The molecule has 0 aliphatic rings. The van der Waals surface area contributed by atoms with Gasteiger partial charge >= 0.3 is 37.9 Å². The zero-order chi connectivity index (χ0) is 35.6. The van der Waals surface area contributed by atoms with Crippen LogP contribution < -0.4 is 0 Å². The van der Waals surface area contributed by atoms with Crippen LogP contribution in [0.4, 0.5) is 0 Å². The Hall–Kier alpha value is -2.22. The first-order chi connectivity index (χ1) is 23.7. The quantitative estimate of drug-likeness (QED) is 0.0778. The predicted molar refractivity (Wildman–Crippen MR) is 220 cm³/mol. The van der Waals surface area contributed by atoms with Crippen molar-refractivity contribution in [3.63, 3.8) is 0 Å². The summed E-state index contributed by atoms with van der Waals surface area (Å²) in [6, 6.07) is 42.6. The second-order valence-electron chi connectivity index (χ2n) is 13.7. The second-order valence-corrected chi connectivity index (χ2v) is 18.4.